The molecule has 19 heavy (non-hydrogen) atoms. The number of nitrogens with one attached hydrogen (secondary N) is 1. The van der Waals surface area contributed by atoms with Gasteiger partial charge >= 0.3 is 0 Å². The molecular weight excluding hydrogens is 262 g/mol. The Morgan fingerprint density at radius 3 is 2.74 bits per heavy atom. The number of phenols is 1. The number of rotatable bonds is 2. The molecule has 0 amide bonds. The summed E-state index contributed by atoms with van der Waals surface area (Å²) in [6.07, 6.45) is 3.33. The van der Waals surface area contributed by atoms with E-state index in [9.17, 15) is 5.11 Å². The molecule has 0 saturated carbocycles. The van der Waals surface area contributed by atoms with Crippen LogP contribution in [0, 0.1) is 0 Å². The molecule has 3 rings (SSSR count). The van der Waals surface area contributed by atoms with Crippen molar-refractivity contribution < 1.29 is 5.11 Å². The monoisotopic (exact) mass is 271 g/mol. The van der Waals surface area contributed by atoms with Crippen molar-refractivity contribution in [2.75, 3.05) is 5.32 Å². The summed E-state index contributed by atoms with van der Waals surface area (Å²) in [6.45, 7) is 0. The molecule has 2 aromatic heterocycles. The number of phenolic OH excluding ortho intramolecular Hbond substituents is 1. The van der Waals surface area contributed by atoms with Crippen LogP contribution in [0.15, 0.2) is 48.8 Å². The first-order valence-electron chi connectivity index (χ1n) is 5.69. The van der Waals surface area contributed by atoms with E-state index in [2.05, 4.69) is 15.3 Å². The van der Waals surface area contributed by atoms with E-state index in [0.29, 0.717) is 11.0 Å². The topological polar surface area (TPSA) is 58.0 Å². The van der Waals surface area contributed by atoms with Crippen LogP contribution >= 0.6 is 11.6 Å². The molecule has 2 heterocycles. The normalized spacial score (nSPS) is 10.6. The number of halogens is 1. The molecule has 0 aliphatic carbocycles. The van der Waals surface area contributed by atoms with Gasteiger partial charge in [-0.2, -0.15) is 0 Å². The van der Waals surface area contributed by atoms with Crippen LogP contribution < -0.4 is 5.32 Å². The Balaban J connectivity index is 2.03. The highest BCUT2D eigenvalue weighted by molar-refractivity contribution is 6.29. The highest BCUT2D eigenvalue weighted by Gasteiger charge is 2.04. The smallest absolute Gasteiger partial charge is 0.138 e. The highest BCUT2D eigenvalue weighted by Crippen LogP contribution is 2.26. The molecule has 0 aliphatic heterocycles. The molecule has 0 unspecified atom stereocenters. The number of benzene rings is 1. The van der Waals surface area contributed by atoms with Gasteiger partial charge in [0.2, 0.25) is 0 Å². The molecule has 0 bridgehead atoms. The van der Waals surface area contributed by atoms with E-state index in [1.54, 1.807) is 30.6 Å². The zero-order valence-electron chi connectivity index (χ0n) is 9.84. The summed E-state index contributed by atoms with van der Waals surface area (Å²) in [7, 11) is 0. The van der Waals surface area contributed by atoms with Gasteiger partial charge in [0.25, 0.3) is 0 Å². The van der Waals surface area contributed by atoms with Crippen molar-refractivity contribution in [2.24, 2.45) is 0 Å². The average Bonchev–Trinajstić information content (AvgIpc) is 2.41. The van der Waals surface area contributed by atoms with Gasteiger partial charge in [0.1, 0.15) is 16.7 Å². The number of aromatic hydroxyl groups is 1. The largest absolute Gasteiger partial charge is 0.508 e. The molecule has 0 saturated heterocycles. The van der Waals surface area contributed by atoms with Gasteiger partial charge in [0, 0.05) is 11.6 Å². The number of fused-ring (bicyclic) bond motifs is 1. The average molecular weight is 272 g/mol. The minimum atomic E-state index is 0.234. The Morgan fingerprint density at radius 1 is 1.05 bits per heavy atom. The minimum absolute atomic E-state index is 0.234. The Bertz CT molecular complexity index is 728. The number of nitrogens with zero attached hydrogens (tertiary/aromatic N) is 2. The van der Waals surface area contributed by atoms with E-state index < -0.39 is 0 Å². The van der Waals surface area contributed by atoms with Gasteiger partial charge in [-0.25, -0.2) is 9.97 Å². The number of anilines is 2. The maximum Gasteiger partial charge on any atom is 0.138 e. The second kappa shape index (κ2) is 4.74. The summed E-state index contributed by atoms with van der Waals surface area (Å²) >= 11 is 5.74. The van der Waals surface area contributed by atoms with Crippen LogP contribution in [0.25, 0.3) is 10.8 Å². The van der Waals surface area contributed by atoms with Crippen LogP contribution in [0.5, 0.6) is 5.75 Å². The second-order valence-corrected chi connectivity index (χ2v) is 4.45. The van der Waals surface area contributed by atoms with Crippen molar-refractivity contribution in [3.8, 4) is 5.75 Å². The van der Waals surface area contributed by atoms with Crippen molar-refractivity contribution in [1.29, 1.82) is 0 Å². The fourth-order valence-electron chi connectivity index (χ4n) is 1.85. The summed E-state index contributed by atoms with van der Waals surface area (Å²) in [4.78, 5) is 8.31. The molecule has 1 aromatic carbocycles. The molecular formula is C14H10ClN3O. The third kappa shape index (κ3) is 2.44. The number of aromatic nitrogens is 2. The Morgan fingerprint density at radius 2 is 1.95 bits per heavy atom. The SMILES string of the molecule is Oc1ccc2c(Nc3ccc(Cl)nc3)nccc2c1. The predicted molar refractivity (Wildman–Crippen MR) is 75.9 cm³/mol. The van der Waals surface area contributed by atoms with Gasteiger partial charge in [0.05, 0.1) is 11.9 Å². The molecule has 2 N–H and O–H groups in total. The van der Waals surface area contributed by atoms with Crippen molar-refractivity contribution in [3.05, 3.63) is 53.9 Å². The zero-order valence-corrected chi connectivity index (χ0v) is 10.6. The molecule has 94 valence electrons. The molecule has 3 aromatic rings. The molecule has 5 heteroatoms. The standard InChI is InChI=1S/C14H10ClN3O/c15-13-4-1-10(8-17-13)18-14-12-3-2-11(19)7-9(12)5-6-16-14/h1-8,19H,(H,16,18). The summed E-state index contributed by atoms with van der Waals surface area (Å²) in [5.74, 6) is 0.944. The minimum Gasteiger partial charge on any atom is -0.508 e. The Kier molecular flexibility index (Phi) is 2.93. The Hall–Kier alpha value is -2.33. The fourth-order valence-corrected chi connectivity index (χ4v) is 1.96. The van der Waals surface area contributed by atoms with Crippen molar-refractivity contribution >= 4 is 33.9 Å². The van der Waals surface area contributed by atoms with Crippen LogP contribution in [-0.2, 0) is 0 Å². The predicted octanol–water partition coefficient (Wildman–Crippen LogP) is 3.73. The van der Waals surface area contributed by atoms with E-state index in [4.69, 9.17) is 11.6 Å². The van der Waals surface area contributed by atoms with E-state index in [0.717, 1.165) is 16.5 Å². The first-order chi connectivity index (χ1) is 9.22. The van der Waals surface area contributed by atoms with Crippen LogP contribution in [0.4, 0.5) is 11.5 Å². The number of pyridine rings is 2. The summed E-state index contributed by atoms with van der Waals surface area (Å²) in [5, 5.41) is 14.9. The molecule has 0 atom stereocenters. The summed E-state index contributed by atoms with van der Waals surface area (Å²) in [5.41, 5.74) is 0.803. The van der Waals surface area contributed by atoms with E-state index in [1.165, 1.54) is 0 Å². The lowest BCUT2D eigenvalue weighted by atomic mass is 10.1. The van der Waals surface area contributed by atoms with Crippen LogP contribution in [0.3, 0.4) is 0 Å². The Labute approximate surface area is 114 Å². The third-order valence-electron chi connectivity index (χ3n) is 2.74. The van der Waals surface area contributed by atoms with Crippen molar-refractivity contribution in [2.45, 2.75) is 0 Å². The second-order valence-electron chi connectivity index (χ2n) is 4.06. The van der Waals surface area contributed by atoms with E-state index in [-0.39, 0.29) is 5.75 Å². The van der Waals surface area contributed by atoms with Gasteiger partial charge in [0.15, 0.2) is 0 Å². The summed E-state index contributed by atoms with van der Waals surface area (Å²) < 4.78 is 0. The van der Waals surface area contributed by atoms with Gasteiger partial charge in [-0.1, -0.05) is 11.6 Å². The lowest BCUT2D eigenvalue weighted by molar-refractivity contribution is 0.476. The van der Waals surface area contributed by atoms with Gasteiger partial charge < -0.3 is 10.4 Å². The maximum absolute atomic E-state index is 9.48. The summed E-state index contributed by atoms with van der Waals surface area (Å²) in [6, 6.07) is 10.5. The highest BCUT2D eigenvalue weighted by atomic mass is 35.5. The van der Waals surface area contributed by atoms with Gasteiger partial charge in [-0.3, -0.25) is 0 Å². The maximum atomic E-state index is 9.48. The van der Waals surface area contributed by atoms with Crippen molar-refractivity contribution in [3.63, 3.8) is 0 Å². The van der Waals surface area contributed by atoms with E-state index in [1.807, 2.05) is 18.2 Å². The van der Waals surface area contributed by atoms with Crippen LogP contribution in [-0.4, -0.2) is 15.1 Å². The lowest BCUT2D eigenvalue weighted by Gasteiger charge is -2.08. The zero-order chi connectivity index (χ0) is 13.2. The third-order valence-corrected chi connectivity index (χ3v) is 2.96. The van der Waals surface area contributed by atoms with E-state index >= 15 is 0 Å². The fraction of sp³-hybridized carbons (Fsp3) is 0. The molecule has 0 fully saturated rings. The number of hydrogen-bond acceptors (Lipinski definition) is 4. The van der Waals surface area contributed by atoms with Crippen LogP contribution in [0.1, 0.15) is 0 Å². The van der Waals surface area contributed by atoms with Crippen molar-refractivity contribution in [1.82, 2.24) is 9.97 Å². The lowest BCUT2D eigenvalue weighted by Crippen LogP contribution is -1.94. The van der Waals surface area contributed by atoms with Crippen LogP contribution in [0.2, 0.25) is 5.15 Å². The van der Waals surface area contributed by atoms with Gasteiger partial charge in [-0.05, 0) is 41.8 Å². The molecule has 0 radical (unpaired) electrons. The first kappa shape index (κ1) is 11.7. The molecule has 0 spiro atoms. The number of hydrogen-bond donors (Lipinski definition) is 2. The first-order valence-corrected chi connectivity index (χ1v) is 6.06. The van der Waals surface area contributed by atoms with Gasteiger partial charge in [-0.15, -0.1) is 0 Å². The molecule has 0 aliphatic rings. The quantitative estimate of drug-likeness (QED) is 0.697. The molecule has 4 nitrogen and oxygen atoms in total.